The molecule has 2 aromatic heterocycles. The number of nitrogens with one attached hydrogen (secondary N) is 1. The summed E-state index contributed by atoms with van der Waals surface area (Å²) in [6.45, 7) is 9.03. The first-order valence-corrected chi connectivity index (χ1v) is 11.1. The van der Waals surface area contributed by atoms with Crippen molar-refractivity contribution in [2.75, 3.05) is 25.4 Å². The van der Waals surface area contributed by atoms with Crippen molar-refractivity contribution >= 4 is 34.6 Å². The lowest BCUT2D eigenvalue weighted by molar-refractivity contribution is -0.141. The summed E-state index contributed by atoms with van der Waals surface area (Å²) in [4.78, 5) is 44.6. The Morgan fingerprint density at radius 3 is 2.55 bits per heavy atom. The number of fused-ring (bicyclic) bond motifs is 1. The third kappa shape index (κ3) is 7.38. The van der Waals surface area contributed by atoms with Crippen LogP contribution in [0.5, 0.6) is 0 Å². The third-order valence-electron chi connectivity index (χ3n) is 5.16. The number of Topliss-reactive ketones (excluding diaryl/α,β-unsaturated/α-hetero) is 1. The maximum atomic E-state index is 13.5. The van der Waals surface area contributed by atoms with Crippen LogP contribution in [0, 0.1) is 5.92 Å². The summed E-state index contributed by atoms with van der Waals surface area (Å²) in [5.74, 6) is -0.189. The Morgan fingerprint density at radius 1 is 1.18 bits per heavy atom. The number of aliphatic imine (C=N–C) groups is 1. The predicted octanol–water partition coefficient (Wildman–Crippen LogP) is -0.118. The molecule has 12 nitrogen and oxygen atoms in total. The second-order valence-electron chi connectivity index (χ2n) is 8.52. The molecule has 0 saturated heterocycles. The Bertz CT molecular complexity index is 965. The van der Waals surface area contributed by atoms with Crippen LogP contribution >= 0.6 is 0 Å². The number of aromatic nitrogens is 4. The standard InChI is InChI=1S/C21H36N10O2/c1-13(2)18(33)15(6-5-7-26-21(23)24)31(9-8-25-14(3)4)16(32)10-30-12-29-17-19(22)27-11-28-20(17)30/h11-15,25H,5-10H2,1-4H3,(H2,22,27,28)(H4,23,24,26)/t15-/m1/s1. The first-order valence-electron chi connectivity index (χ1n) is 11.1. The highest BCUT2D eigenvalue weighted by Gasteiger charge is 2.31. The number of carbonyl (C=O) groups excluding carboxylic acids is 2. The zero-order valence-electron chi connectivity index (χ0n) is 19.9. The van der Waals surface area contributed by atoms with Crippen LogP contribution in [-0.4, -0.2) is 73.8 Å². The predicted molar refractivity (Wildman–Crippen MR) is 128 cm³/mol. The van der Waals surface area contributed by atoms with Gasteiger partial charge in [-0.2, -0.15) is 0 Å². The molecule has 33 heavy (non-hydrogen) atoms. The van der Waals surface area contributed by atoms with Crippen LogP contribution in [0.25, 0.3) is 11.2 Å². The normalized spacial score (nSPS) is 12.3. The van der Waals surface area contributed by atoms with E-state index in [4.69, 9.17) is 17.2 Å². The number of hydrogen-bond acceptors (Lipinski definition) is 8. The van der Waals surface area contributed by atoms with Gasteiger partial charge in [-0.15, -0.1) is 0 Å². The van der Waals surface area contributed by atoms with Gasteiger partial charge in [0.2, 0.25) is 5.91 Å². The monoisotopic (exact) mass is 460 g/mol. The number of carbonyl (C=O) groups is 2. The van der Waals surface area contributed by atoms with Crippen LogP contribution in [0.2, 0.25) is 0 Å². The maximum Gasteiger partial charge on any atom is 0.243 e. The molecule has 0 fully saturated rings. The topological polar surface area (TPSA) is 183 Å². The minimum atomic E-state index is -0.588. The third-order valence-corrected chi connectivity index (χ3v) is 5.16. The molecule has 0 bridgehead atoms. The summed E-state index contributed by atoms with van der Waals surface area (Å²) in [6, 6.07) is -0.338. The number of nitrogen functional groups attached to an aromatic ring is 1. The average molecular weight is 461 g/mol. The molecule has 0 aromatic carbocycles. The molecule has 7 N–H and O–H groups in total. The summed E-state index contributed by atoms with van der Waals surface area (Å²) in [5.41, 5.74) is 17.6. The smallest absolute Gasteiger partial charge is 0.243 e. The van der Waals surface area contributed by atoms with E-state index in [-0.39, 0.29) is 42.0 Å². The van der Waals surface area contributed by atoms with Gasteiger partial charge >= 0.3 is 0 Å². The highest BCUT2D eigenvalue weighted by atomic mass is 16.2. The zero-order valence-corrected chi connectivity index (χ0v) is 19.9. The van der Waals surface area contributed by atoms with Crippen molar-refractivity contribution in [3.05, 3.63) is 12.7 Å². The molecule has 0 saturated carbocycles. The van der Waals surface area contributed by atoms with Crippen LogP contribution in [0.4, 0.5) is 5.82 Å². The molecule has 0 aliphatic rings. The number of nitrogens with two attached hydrogens (primary N) is 3. The van der Waals surface area contributed by atoms with E-state index in [9.17, 15) is 9.59 Å². The summed E-state index contributed by atoms with van der Waals surface area (Å²) in [5, 5.41) is 3.32. The van der Waals surface area contributed by atoms with E-state index >= 15 is 0 Å². The molecule has 0 radical (unpaired) electrons. The van der Waals surface area contributed by atoms with E-state index in [0.717, 1.165) is 0 Å². The highest BCUT2D eigenvalue weighted by Crippen LogP contribution is 2.17. The summed E-state index contributed by atoms with van der Waals surface area (Å²) in [7, 11) is 0. The van der Waals surface area contributed by atoms with Gasteiger partial charge in [-0.05, 0) is 12.8 Å². The van der Waals surface area contributed by atoms with Gasteiger partial charge in [0.05, 0.1) is 12.4 Å². The number of nitrogens with zero attached hydrogens (tertiary/aromatic N) is 6. The van der Waals surface area contributed by atoms with E-state index < -0.39 is 6.04 Å². The quantitative estimate of drug-likeness (QED) is 0.180. The molecule has 1 amide bonds. The number of anilines is 1. The maximum absolute atomic E-state index is 13.5. The van der Waals surface area contributed by atoms with E-state index in [0.29, 0.717) is 43.6 Å². The van der Waals surface area contributed by atoms with Gasteiger partial charge in [-0.25, -0.2) is 15.0 Å². The van der Waals surface area contributed by atoms with Gasteiger partial charge in [0.1, 0.15) is 18.4 Å². The molecule has 2 aromatic rings. The molecule has 0 aliphatic carbocycles. The van der Waals surface area contributed by atoms with Gasteiger partial charge in [-0.1, -0.05) is 27.7 Å². The second-order valence-corrected chi connectivity index (χ2v) is 8.52. The van der Waals surface area contributed by atoms with E-state index in [1.54, 1.807) is 9.47 Å². The Kier molecular flexibility index (Phi) is 9.52. The Hall–Kier alpha value is -3.28. The van der Waals surface area contributed by atoms with Crippen LogP contribution in [0.3, 0.4) is 0 Å². The van der Waals surface area contributed by atoms with Crippen molar-refractivity contribution in [3.63, 3.8) is 0 Å². The van der Waals surface area contributed by atoms with Gasteiger partial charge in [0, 0.05) is 31.6 Å². The van der Waals surface area contributed by atoms with E-state index in [2.05, 4.69) is 25.3 Å². The number of ketones is 1. The number of rotatable bonds is 13. The molecule has 1 atom stereocenters. The molecule has 182 valence electrons. The Morgan fingerprint density at radius 2 is 1.91 bits per heavy atom. The van der Waals surface area contributed by atoms with Gasteiger partial charge in [-0.3, -0.25) is 14.6 Å². The Labute approximate surface area is 194 Å². The first kappa shape index (κ1) is 26.0. The van der Waals surface area contributed by atoms with Crippen LogP contribution in [0.15, 0.2) is 17.6 Å². The fourth-order valence-electron chi connectivity index (χ4n) is 3.51. The lowest BCUT2D eigenvalue weighted by Gasteiger charge is -2.32. The van der Waals surface area contributed by atoms with Crippen molar-refractivity contribution in [3.8, 4) is 0 Å². The first-order chi connectivity index (χ1) is 15.6. The van der Waals surface area contributed by atoms with Crippen LogP contribution in [0.1, 0.15) is 40.5 Å². The fraction of sp³-hybridized carbons (Fsp3) is 0.619. The van der Waals surface area contributed by atoms with Crippen LogP contribution in [-0.2, 0) is 16.1 Å². The van der Waals surface area contributed by atoms with Crippen molar-refractivity contribution in [1.29, 1.82) is 0 Å². The lowest BCUT2D eigenvalue weighted by Crippen LogP contribution is -2.50. The minimum absolute atomic E-state index is 0.000319. The molecule has 2 rings (SSSR count). The number of imidazole rings is 1. The fourth-order valence-corrected chi connectivity index (χ4v) is 3.51. The summed E-state index contributed by atoms with van der Waals surface area (Å²) in [6.07, 6.45) is 3.87. The molecule has 0 spiro atoms. The molecule has 2 heterocycles. The van der Waals surface area contributed by atoms with Gasteiger partial charge in [0.25, 0.3) is 0 Å². The zero-order chi connectivity index (χ0) is 24.5. The van der Waals surface area contributed by atoms with Crippen molar-refractivity contribution < 1.29 is 9.59 Å². The summed E-state index contributed by atoms with van der Waals surface area (Å²) < 4.78 is 1.62. The second kappa shape index (κ2) is 12.1. The molecule has 0 unspecified atom stereocenters. The van der Waals surface area contributed by atoms with E-state index in [1.165, 1.54) is 12.7 Å². The lowest BCUT2D eigenvalue weighted by atomic mass is 9.96. The number of amides is 1. The molecule has 12 heteroatoms. The van der Waals surface area contributed by atoms with Crippen LogP contribution < -0.4 is 22.5 Å². The average Bonchev–Trinajstić information content (AvgIpc) is 3.15. The highest BCUT2D eigenvalue weighted by molar-refractivity contribution is 5.91. The SMILES string of the molecule is CC(C)NCCN(C(=O)Cn1cnc2c(N)ncnc21)[C@H](CCCN=C(N)N)C(=O)C(C)C. The molecule has 0 aliphatic heterocycles. The molecular formula is C21H36N10O2. The van der Waals surface area contributed by atoms with Gasteiger partial charge < -0.3 is 32.0 Å². The number of hydrogen-bond donors (Lipinski definition) is 4. The van der Waals surface area contributed by atoms with E-state index in [1.807, 2.05) is 27.7 Å². The Balaban J connectivity index is 2.29. The summed E-state index contributed by atoms with van der Waals surface area (Å²) >= 11 is 0. The van der Waals surface area contributed by atoms with Gasteiger partial charge in [0.15, 0.2) is 23.2 Å². The van der Waals surface area contributed by atoms with Crippen molar-refractivity contribution in [1.82, 2.24) is 29.7 Å². The van der Waals surface area contributed by atoms with Crippen molar-refractivity contribution in [2.24, 2.45) is 22.4 Å². The largest absolute Gasteiger partial charge is 0.382 e. The van der Waals surface area contributed by atoms with Crippen molar-refractivity contribution in [2.45, 2.75) is 59.2 Å². The molecular weight excluding hydrogens is 424 g/mol. The minimum Gasteiger partial charge on any atom is -0.382 e. The number of guanidine groups is 1.